The number of likely N-dealkylation sites (tertiary alicyclic amines) is 1. The van der Waals surface area contributed by atoms with Gasteiger partial charge in [-0.25, -0.2) is 9.78 Å². The van der Waals surface area contributed by atoms with Crippen LogP contribution in [-0.4, -0.2) is 60.3 Å². The maximum atomic E-state index is 10.6. The van der Waals surface area contributed by atoms with Gasteiger partial charge in [0.25, 0.3) is 0 Å². The molecule has 3 rings (SSSR count). The van der Waals surface area contributed by atoms with Crippen molar-refractivity contribution in [2.24, 2.45) is 5.92 Å². The molecule has 12 heteroatoms. The molecule has 2 N–H and O–H groups in total. The van der Waals surface area contributed by atoms with Crippen LogP contribution < -0.4 is 0 Å². The Bertz CT molecular complexity index is 801. The molecule has 0 saturated carbocycles. The molecule has 2 aromatic rings. The smallest absolute Gasteiger partial charge is 0.475 e. The molecule has 8 nitrogen and oxygen atoms in total. The molecule has 0 spiro atoms. The van der Waals surface area contributed by atoms with Crippen molar-refractivity contribution in [1.29, 1.82) is 0 Å². The Morgan fingerprint density at radius 1 is 1.33 bits per heavy atom. The first-order chi connectivity index (χ1) is 14.1. The molecule has 1 fully saturated rings. The Morgan fingerprint density at radius 2 is 1.97 bits per heavy atom. The topological polar surface area (TPSA) is 104 Å². The second-order valence-electron chi connectivity index (χ2n) is 7.43. The molecule has 1 aliphatic rings. The molecule has 0 radical (unpaired) electrons. The van der Waals surface area contributed by atoms with Gasteiger partial charge in [-0.1, -0.05) is 19.1 Å². The Labute approximate surface area is 176 Å². The number of carbonyl (C=O) groups is 1. The fourth-order valence-electron chi connectivity index (χ4n) is 2.95. The van der Waals surface area contributed by atoms with Gasteiger partial charge in [0.2, 0.25) is 0 Å². The Kier molecular flexibility index (Phi) is 8.74. The summed E-state index contributed by atoms with van der Waals surface area (Å²) in [7, 11) is 0. The maximum Gasteiger partial charge on any atom is 0.490 e. The van der Waals surface area contributed by atoms with Crippen LogP contribution >= 0.6 is 11.3 Å². The lowest BCUT2D eigenvalue weighted by Gasteiger charge is -2.31. The summed E-state index contributed by atoms with van der Waals surface area (Å²) >= 11 is 1.78. The molecule has 0 atom stereocenters. The number of aromatic nitrogens is 4. The van der Waals surface area contributed by atoms with Gasteiger partial charge in [0.1, 0.15) is 10.7 Å². The highest BCUT2D eigenvalue weighted by Crippen LogP contribution is 2.23. The Balaban J connectivity index is 0.000000396. The molecule has 0 bridgehead atoms. The number of halogens is 3. The number of nitrogens with zero attached hydrogens (tertiary/aromatic N) is 5. The fraction of sp³-hybridized carbons (Fsp3) is 0.667. The SMILES string of the molecule is CC(C)c1csc(CN2CCC(Cn3cc(CO)nn3)CC2)n1.O=C(O)C(F)(F)F. The van der Waals surface area contributed by atoms with E-state index >= 15 is 0 Å². The summed E-state index contributed by atoms with van der Waals surface area (Å²) in [5.74, 6) is -1.60. The van der Waals surface area contributed by atoms with Crippen molar-refractivity contribution >= 4 is 17.3 Å². The maximum absolute atomic E-state index is 10.6. The van der Waals surface area contributed by atoms with E-state index in [2.05, 4.69) is 34.4 Å². The molecule has 30 heavy (non-hydrogen) atoms. The van der Waals surface area contributed by atoms with Crippen LogP contribution in [-0.2, 0) is 24.5 Å². The van der Waals surface area contributed by atoms with Gasteiger partial charge in [0.15, 0.2) is 0 Å². The zero-order valence-corrected chi connectivity index (χ0v) is 17.7. The lowest BCUT2D eigenvalue weighted by atomic mass is 9.97. The third-order valence-corrected chi connectivity index (χ3v) is 5.51. The molecule has 0 aromatic carbocycles. The predicted molar refractivity (Wildman–Crippen MR) is 104 cm³/mol. The van der Waals surface area contributed by atoms with Gasteiger partial charge in [-0.05, 0) is 37.8 Å². The van der Waals surface area contributed by atoms with E-state index < -0.39 is 12.1 Å². The standard InChI is InChI=1S/C16H25N5OS.C2HF3O2/c1-12(2)15-11-23-16(17-15)9-20-5-3-13(4-6-20)7-21-8-14(10-22)18-19-21;3-2(4,5)1(6)7/h8,11-13,22H,3-7,9-10H2,1-2H3;(H,6,7). The minimum absolute atomic E-state index is 0.0371. The van der Waals surface area contributed by atoms with Crippen LogP contribution in [0.15, 0.2) is 11.6 Å². The number of aliphatic hydroxyl groups is 1. The van der Waals surface area contributed by atoms with Crippen LogP contribution in [0.3, 0.4) is 0 Å². The number of alkyl halides is 3. The largest absolute Gasteiger partial charge is 0.490 e. The number of rotatable bonds is 6. The van der Waals surface area contributed by atoms with Gasteiger partial charge in [0.05, 0.1) is 25.0 Å². The molecule has 3 heterocycles. The normalized spacial score (nSPS) is 15.8. The summed E-state index contributed by atoms with van der Waals surface area (Å²) < 4.78 is 33.6. The van der Waals surface area contributed by atoms with E-state index in [-0.39, 0.29) is 6.61 Å². The number of aliphatic hydroxyl groups excluding tert-OH is 1. The molecule has 1 saturated heterocycles. The molecular formula is C18H26F3N5O3S. The summed E-state index contributed by atoms with van der Waals surface area (Å²) in [5, 5.41) is 27.6. The van der Waals surface area contributed by atoms with Crippen molar-refractivity contribution in [2.75, 3.05) is 13.1 Å². The van der Waals surface area contributed by atoms with Crippen LogP contribution in [0.4, 0.5) is 13.2 Å². The van der Waals surface area contributed by atoms with Gasteiger partial charge in [-0.3, -0.25) is 9.58 Å². The first-order valence-electron chi connectivity index (χ1n) is 9.55. The molecule has 1 aliphatic heterocycles. The Morgan fingerprint density at radius 3 is 2.43 bits per heavy atom. The highest BCUT2D eigenvalue weighted by Gasteiger charge is 2.38. The highest BCUT2D eigenvalue weighted by molar-refractivity contribution is 7.09. The lowest BCUT2D eigenvalue weighted by molar-refractivity contribution is -0.192. The number of piperidine rings is 1. The van der Waals surface area contributed by atoms with E-state index in [0.29, 0.717) is 17.5 Å². The van der Waals surface area contributed by atoms with Crippen molar-refractivity contribution in [3.63, 3.8) is 0 Å². The van der Waals surface area contributed by atoms with Crippen molar-refractivity contribution < 1.29 is 28.2 Å². The van der Waals surface area contributed by atoms with Crippen LogP contribution in [0.1, 0.15) is 49.0 Å². The van der Waals surface area contributed by atoms with Crippen LogP contribution in [0, 0.1) is 5.92 Å². The van der Waals surface area contributed by atoms with Crippen molar-refractivity contribution in [1.82, 2.24) is 24.9 Å². The predicted octanol–water partition coefficient (Wildman–Crippen LogP) is 2.90. The number of thiazole rings is 1. The monoisotopic (exact) mass is 449 g/mol. The van der Waals surface area contributed by atoms with E-state index in [4.69, 9.17) is 20.0 Å². The summed E-state index contributed by atoms with van der Waals surface area (Å²) in [6.07, 6.45) is -0.886. The number of aliphatic carboxylic acids is 1. The van der Waals surface area contributed by atoms with E-state index in [1.165, 1.54) is 23.5 Å². The van der Waals surface area contributed by atoms with Gasteiger partial charge < -0.3 is 10.2 Å². The van der Waals surface area contributed by atoms with Gasteiger partial charge in [0, 0.05) is 11.9 Å². The number of hydrogen-bond donors (Lipinski definition) is 2. The number of hydrogen-bond acceptors (Lipinski definition) is 7. The minimum atomic E-state index is -5.08. The molecule has 0 unspecified atom stereocenters. The second kappa shape index (κ2) is 10.8. The lowest BCUT2D eigenvalue weighted by Crippen LogP contribution is -2.34. The van der Waals surface area contributed by atoms with Crippen molar-refractivity contribution in [3.05, 3.63) is 28.0 Å². The molecular weight excluding hydrogens is 423 g/mol. The van der Waals surface area contributed by atoms with Gasteiger partial charge in [-0.15, -0.1) is 16.4 Å². The third-order valence-electron chi connectivity index (χ3n) is 4.66. The molecule has 2 aromatic heterocycles. The zero-order valence-electron chi connectivity index (χ0n) is 16.8. The zero-order chi connectivity index (χ0) is 22.3. The number of carboxylic acids is 1. The van der Waals surface area contributed by atoms with Crippen LogP contribution in [0.5, 0.6) is 0 Å². The summed E-state index contributed by atoms with van der Waals surface area (Å²) in [6.45, 7) is 8.45. The van der Waals surface area contributed by atoms with E-state index in [0.717, 1.165) is 26.2 Å². The molecule has 0 amide bonds. The second-order valence-corrected chi connectivity index (χ2v) is 8.38. The highest BCUT2D eigenvalue weighted by atomic mass is 32.1. The van der Waals surface area contributed by atoms with Crippen LogP contribution in [0.2, 0.25) is 0 Å². The van der Waals surface area contributed by atoms with Gasteiger partial charge >= 0.3 is 12.1 Å². The van der Waals surface area contributed by atoms with E-state index in [1.54, 1.807) is 11.3 Å². The first kappa shape index (κ1) is 24.2. The Hall–Kier alpha value is -2.05. The third kappa shape index (κ3) is 7.65. The quantitative estimate of drug-likeness (QED) is 0.699. The number of carboxylic acid groups (broad SMARTS) is 1. The summed E-state index contributed by atoms with van der Waals surface area (Å²) in [4.78, 5) is 16.1. The van der Waals surface area contributed by atoms with Crippen molar-refractivity contribution in [2.45, 2.75) is 58.5 Å². The summed E-state index contributed by atoms with van der Waals surface area (Å²) in [6, 6.07) is 0. The summed E-state index contributed by atoms with van der Waals surface area (Å²) in [5.41, 5.74) is 1.86. The van der Waals surface area contributed by atoms with Crippen LogP contribution in [0.25, 0.3) is 0 Å². The molecule has 0 aliphatic carbocycles. The molecule has 168 valence electrons. The average molecular weight is 449 g/mol. The van der Waals surface area contributed by atoms with Crippen molar-refractivity contribution in [3.8, 4) is 0 Å². The van der Waals surface area contributed by atoms with E-state index in [9.17, 15) is 13.2 Å². The average Bonchev–Trinajstić information content (AvgIpc) is 3.32. The van der Waals surface area contributed by atoms with E-state index in [1.807, 2.05) is 10.9 Å². The van der Waals surface area contributed by atoms with Gasteiger partial charge in [-0.2, -0.15) is 13.2 Å². The fourth-order valence-corrected chi connectivity index (χ4v) is 3.94. The first-order valence-corrected chi connectivity index (χ1v) is 10.4. The minimum Gasteiger partial charge on any atom is -0.475 e.